The van der Waals surface area contributed by atoms with Gasteiger partial charge in [-0.15, -0.1) is 11.3 Å². The molecule has 10 heteroatoms. The molecular weight excluding hydrogens is 444 g/mol. The third-order valence-corrected chi connectivity index (χ3v) is 6.06. The zero-order valence-electron chi connectivity index (χ0n) is 18.1. The molecule has 1 saturated heterocycles. The molecule has 4 rings (SSSR count). The van der Waals surface area contributed by atoms with Crippen LogP contribution in [0, 0.1) is 6.92 Å². The van der Waals surface area contributed by atoms with Crippen LogP contribution in [0.5, 0.6) is 5.75 Å². The number of morpholine rings is 1. The van der Waals surface area contributed by atoms with Crippen molar-refractivity contribution in [3.05, 3.63) is 68.3 Å². The van der Waals surface area contributed by atoms with E-state index in [4.69, 9.17) is 9.47 Å². The summed E-state index contributed by atoms with van der Waals surface area (Å²) in [4.78, 5) is 46.8. The zero-order chi connectivity index (χ0) is 23.2. The summed E-state index contributed by atoms with van der Waals surface area (Å²) in [5.74, 6) is 0.240. The molecule has 1 fully saturated rings. The van der Waals surface area contributed by atoms with Crippen molar-refractivity contribution in [1.82, 2.24) is 9.97 Å². The van der Waals surface area contributed by atoms with Crippen LogP contribution in [0.15, 0.2) is 46.6 Å². The summed E-state index contributed by atoms with van der Waals surface area (Å²) < 4.78 is 10.7. The van der Waals surface area contributed by atoms with Crippen LogP contribution in [0.4, 0.5) is 11.6 Å². The van der Waals surface area contributed by atoms with E-state index in [0.717, 1.165) is 0 Å². The summed E-state index contributed by atoms with van der Waals surface area (Å²) in [5.41, 5.74) is 1.42. The van der Waals surface area contributed by atoms with Gasteiger partial charge in [0.15, 0.2) is 0 Å². The molecule has 1 aliphatic heterocycles. The van der Waals surface area contributed by atoms with Gasteiger partial charge < -0.3 is 19.7 Å². The molecule has 3 aromatic rings. The number of amides is 1. The van der Waals surface area contributed by atoms with E-state index in [1.54, 1.807) is 37.3 Å². The second kappa shape index (κ2) is 10.4. The highest BCUT2D eigenvalue weighted by atomic mass is 32.1. The van der Waals surface area contributed by atoms with Crippen LogP contribution in [0.1, 0.15) is 27.3 Å². The summed E-state index contributed by atoms with van der Waals surface area (Å²) in [7, 11) is 0. The highest BCUT2D eigenvalue weighted by molar-refractivity contribution is 7.12. The largest absolute Gasteiger partial charge is 0.427 e. The fourth-order valence-corrected chi connectivity index (χ4v) is 4.05. The lowest BCUT2D eigenvalue weighted by Crippen LogP contribution is -2.38. The predicted molar refractivity (Wildman–Crippen MR) is 125 cm³/mol. The van der Waals surface area contributed by atoms with Gasteiger partial charge in [-0.1, -0.05) is 6.07 Å². The Morgan fingerprint density at radius 1 is 1.21 bits per heavy atom. The van der Waals surface area contributed by atoms with Crippen molar-refractivity contribution in [2.75, 3.05) is 36.5 Å². The van der Waals surface area contributed by atoms with E-state index in [9.17, 15) is 14.4 Å². The van der Waals surface area contributed by atoms with Gasteiger partial charge in [0, 0.05) is 30.0 Å². The molecule has 0 bridgehead atoms. The van der Waals surface area contributed by atoms with E-state index in [-0.39, 0.29) is 24.3 Å². The Hall–Kier alpha value is -3.50. The van der Waals surface area contributed by atoms with Gasteiger partial charge in [0.1, 0.15) is 5.75 Å². The maximum Gasteiger partial charge on any atom is 0.311 e. The van der Waals surface area contributed by atoms with E-state index < -0.39 is 5.97 Å². The maximum atomic E-state index is 12.5. The molecule has 3 heterocycles. The van der Waals surface area contributed by atoms with Gasteiger partial charge in [0.25, 0.3) is 11.5 Å². The van der Waals surface area contributed by atoms with Crippen LogP contribution in [-0.4, -0.2) is 48.1 Å². The first-order valence-electron chi connectivity index (χ1n) is 10.6. The maximum absolute atomic E-state index is 12.5. The Morgan fingerprint density at radius 3 is 2.64 bits per heavy atom. The lowest BCUT2D eigenvalue weighted by Gasteiger charge is -2.27. The van der Waals surface area contributed by atoms with Crippen molar-refractivity contribution >= 4 is 34.8 Å². The number of H-pyrrole nitrogens is 1. The van der Waals surface area contributed by atoms with Crippen LogP contribution in [0.2, 0.25) is 0 Å². The van der Waals surface area contributed by atoms with Crippen LogP contribution >= 0.6 is 11.3 Å². The molecule has 0 aliphatic carbocycles. The number of benzene rings is 1. The number of thiophene rings is 1. The Kier molecular flexibility index (Phi) is 7.16. The van der Waals surface area contributed by atoms with Crippen molar-refractivity contribution < 1.29 is 19.1 Å². The summed E-state index contributed by atoms with van der Waals surface area (Å²) in [6, 6.07) is 10.1. The van der Waals surface area contributed by atoms with Gasteiger partial charge >= 0.3 is 5.97 Å². The lowest BCUT2D eigenvalue weighted by atomic mass is 10.1. The summed E-state index contributed by atoms with van der Waals surface area (Å²) in [6.07, 6.45) is 0.269. The van der Waals surface area contributed by atoms with Crippen molar-refractivity contribution in [2.24, 2.45) is 0 Å². The molecule has 1 aromatic carbocycles. The number of anilines is 2. The molecule has 9 nitrogen and oxygen atoms in total. The summed E-state index contributed by atoms with van der Waals surface area (Å²) in [5, 5.41) is 4.62. The number of rotatable bonds is 7. The molecule has 1 aliphatic rings. The SMILES string of the molecule is Cc1nc(N2CCOCC2)[nH]c(=O)c1CCC(=O)Oc1ccc(NC(=O)c2cccs2)cc1. The molecule has 0 unspecified atom stereocenters. The van der Waals surface area contributed by atoms with E-state index in [2.05, 4.69) is 15.3 Å². The molecule has 2 aromatic heterocycles. The number of esters is 1. The number of aryl methyl sites for hydroxylation is 1. The fourth-order valence-electron chi connectivity index (χ4n) is 3.43. The van der Waals surface area contributed by atoms with Gasteiger partial charge in [-0.3, -0.25) is 19.4 Å². The molecule has 172 valence electrons. The van der Waals surface area contributed by atoms with Crippen LogP contribution in [-0.2, 0) is 16.0 Å². The van der Waals surface area contributed by atoms with E-state index in [0.29, 0.717) is 59.8 Å². The highest BCUT2D eigenvalue weighted by Gasteiger charge is 2.17. The molecule has 1 amide bonds. The zero-order valence-corrected chi connectivity index (χ0v) is 18.9. The number of ether oxygens (including phenoxy) is 2. The van der Waals surface area contributed by atoms with Crippen LogP contribution in [0.25, 0.3) is 0 Å². The van der Waals surface area contributed by atoms with Crippen LogP contribution < -0.4 is 20.5 Å². The van der Waals surface area contributed by atoms with Gasteiger partial charge in [-0.25, -0.2) is 4.98 Å². The predicted octanol–water partition coefficient (Wildman–Crippen LogP) is 2.77. The van der Waals surface area contributed by atoms with Crippen molar-refractivity contribution in [2.45, 2.75) is 19.8 Å². The third kappa shape index (κ3) is 5.85. The molecule has 0 saturated carbocycles. The quantitative estimate of drug-likeness (QED) is 0.405. The van der Waals surface area contributed by atoms with Gasteiger partial charge in [-0.2, -0.15) is 0 Å². The van der Waals surface area contributed by atoms with E-state index in [1.165, 1.54) is 11.3 Å². The number of aromatic amines is 1. The monoisotopic (exact) mass is 468 g/mol. The number of carbonyl (C=O) groups excluding carboxylic acids is 2. The average Bonchev–Trinajstić information content (AvgIpc) is 3.35. The normalized spacial score (nSPS) is 13.5. The summed E-state index contributed by atoms with van der Waals surface area (Å²) in [6.45, 7) is 4.30. The Labute approximate surface area is 194 Å². The first-order valence-corrected chi connectivity index (χ1v) is 11.5. The first kappa shape index (κ1) is 22.7. The minimum atomic E-state index is -0.457. The second-order valence-corrected chi connectivity index (χ2v) is 8.43. The molecule has 2 N–H and O–H groups in total. The molecule has 0 radical (unpaired) electrons. The number of nitrogens with zero attached hydrogens (tertiary/aromatic N) is 2. The van der Waals surface area contributed by atoms with Crippen molar-refractivity contribution in [1.29, 1.82) is 0 Å². The number of nitrogens with one attached hydrogen (secondary N) is 2. The minimum absolute atomic E-state index is 0.0410. The number of hydrogen-bond acceptors (Lipinski definition) is 8. The van der Waals surface area contributed by atoms with E-state index >= 15 is 0 Å². The van der Waals surface area contributed by atoms with E-state index in [1.807, 2.05) is 16.3 Å². The number of carbonyl (C=O) groups is 2. The lowest BCUT2D eigenvalue weighted by molar-refractivity contribution is -0.134. The topological polar surface area (TPSA) is 114 Å². The molecule has 0 atom stereocenters. The highest BCUT2D eigenvalue weighted by Crippen LogP contribution is 2.19. The Bertz CT molecular complexity index is 1170. The number of hydrogen-bond donors (Lipinski definition) is 2. The summed E-state index contributed by atoms with van der Waals surface area (Å²) >= 11 is 1.36. The van der Waals surface area contributed by atoms with Gasteiger partial charge in [0.2, 0.25) is 5.95 Å². The van der Waals surface area contributed by atoms with Gasteiger partial charge in [-0.05, 0) is 49.1 Å². The fraction of sp³-hybridized carbons (Fsp3) is 0.304. The van der Waals surface area contributed by atoms with Gasteiger partial charge in [0.05, 0.1) is 24.5 Å². The third-order valence-electron chi connectivity index (χ3n) is 5.19. The minimum Gasteiger partial charge on any atom is -0.427 e. The van der Waals surface area contributed by atoms with Crippen LogP contribution in [0.3, 0.4) is 0 Å². The average molecular weight is 469 g/mol. The second-order valence-electron chi connectivity index (χ2n) is 7.48. The molecule has 0 spiro atoms. The first-order chi connectivity index (χ1) is 16.0. The standard InChI is InChI=1S/C23H24N4O5S/c1-15-18(21(29)26-23(24-15)27-10-12-31-13-11-27)8-9-20(28)32-17-6-4-16(5-7-17)25-22(30)19-3-2-14-33-19/h2-7,14H,8-13H2,1H3,(H,25,30)(H,24,26,29). The number of aromatic nitrogens is 2. The molecule has 33 heavy (non-hydrogen) atoms. The Morgan fingerprint density at radius 2 is 1.97 bits per heavy atom. The van der Waals surface area contributed by atoms with Crippen molar-refractivity contribution in [3.8, 4) is 5.75 Å². The Balaban J connectivity index is 1.31. The van der Waals surface area contributed by atoms with Crippen molar-refractivity contribution in [3.63, 3.8) is 0 Å². The molecular formula is C23H24N4O5S. The smallest absolute Gasteiger partial charge is 0.311 e.